The molecule has 0 bridgehead atoms. The molecule has 1 amide bonds. The first kappa shape index (κ1) is 18.5. The molecule has 22 heavy (non-hydrogen) atoms. The fourth-order valence-electron chi connectivity index (χ4n) is 1.56. The van der Waals surface area contributed by atoms with Crippen LogP contribution < -0.4 is 5.32 Å². The number of nitrogens with one attached hydrogen (secondary N) is 1. The lowest BCUT2D eigenvalue weighted by Crippen LogP contribution is -2.44. The summed E-state index contributed by atoms with van der Waals surface area (Å²) in [5, 5.41) is 21.2. The summed E-state index contributed by atoms with van der Waals surface area (Å²) >= 11 is 1.12. The second-order valence-electron chi connectivity index (χ2n) is 5.79. The number of amides is 1. The van der Waals surface area contributed by atoms with E-state index in [0.29, 0.717) is 10.5 Å². The van der Waals surface area contributed by atoms with Gasteiger partial charge < -0.3 is 15.5 Å². The molecule has 1 rings (SSSR count). The minimum atomic E-state index is -0.994. The Kier molecular flexibility index (Phi) is 6.44. The van der Waals surface area contributed by atoms with Gasteiger partial charge in [0, 0.05) is 11.4 Å². The van der Waals surface area contributed by atoms with Crippen molar-refractivity contribution >= 4 is 23.6 Å². The van der Waals surface area contributed by atoms with Crippen LogP contribution in [0.25, 0.3) is 0 Å². The van der Waals surface area contributed by atoms with Gasteiger partial charge >= 0.3 is 5.97 Å². The van der Waals surface area contributed by atoms with Gasteiger partial charge in [-0.25, -0.2) is 0 Å². The highest BCUT2D eigenvalue weighted by atomic mass is 32.2. The SMILES string of the molecule is CC(Sc1ccccc1C(=O)NCC(C)(O)C(C)C)C(=O)O. The zero-order valence-corrected chi connectivity index (χ0v) is 14.1. The van der Waals surface area contributed by atoms with Gasteiger partial charge in [-0.15, -0.1) is 11.8 Å². The van der Waals surface area contributed by atoms with Crippen LogP contribution in [0.15, 0.2) is 29.2 Å². The van der Waals surface area contributed by atoms with E-state index < -0.39 is 16.8 Å². The van der Waals surface area contributed by atoms with E-state index in [4.69, 9.17) is 5.11 Å². The molecular formula is C16H23NO4S. The predicted octanol–water partition coefficient (Wildman–Crippen LogP) is 2.39. The van der Waals surface area contributed by atoms with E-state index in [-0.39, 0.29) is 18.4 Å². The van der Waals surface area contributed by atoms with Crippen LogP contribution in [0.4, 0.5) is 0 Å². The Morgan fingerprint density at radius 3 is 2.41 bits per heavy atom. The zero-order chi connectivity index (χ0) is 16.9. The average molecular weight is 325 g/mol. The third kappa shape index (κ3) is 5.03. The van der Waals surface area contributed by atoms with Crippen LogP contribution in [-0.2, 0) is 4.79 Å². The molecule has 0 radical (unpaired) electrons. The molecular weight excluding hydrogens is 302 g/mol. The first-order valence-electron chi connectivity index (χ1n) is 7.14. The number of rotatable bonds is 7. The number of carbonyl (C=O) groups is 2. The van der Waals surface area contributed by atoms with Gasteiger partial charge in [0.15, 0.2) is 0 Å². The van der Waals surface area contributed by atoms with Crippen LogP contribution in [0.5, 0.6) is 0 Å². The van der Waals surface area contributed by atoms with Gasteiger partial charge in [0.05, 0.1) is 11.2 Å². The summed E-state index contributed by atoms with van der Waals surface area (Å²) in [6, 6.07) is 6.86. The summed E-state index contributed by atoms with van der Waals surface area (Å²) in [5.74, 6) is -1.24. The molecule has 0 aliphatic heterocycles. The largest absolute Gasteiger partial charge is 0.480 e. The molecule has 0 heterocycles. The molecule has 0 saturated carbocycles. The van der Waals surface area contributed by atoms with E-state index >= 15 is 0 Å². The number of carboxylic acids is 1. The topological polar surface area (TPSA) is 86.6 Å². The Morgan fingerprint density at radius 2 is 1.86 bits per heavy atom. The molecule has 0 fully saturated rings. The van der Waals surface area contributed by atoms with Gasteiger partial charge in [-0.3, -0.25) is 9.59 Å². The quantitative estimate of drug-likeness (QED) is 0.670. The summed E-state index contributed by atoms with van der Waals surface area (Å²) in [6.07, 6.45) is 0. The van der Waals surface area contributed by atoms with Crippen molar-refractivity contribution in [1.82, 2.24) is 5.32 Å². The third-order valence-electron chi connectivity index (χ3n) is 3.63. The van der Waals surface area contributed by atoms with Gasteiger partial charge in [-0.05, 0) is 31.9 Å². The van der Waals surface area contributed by atoms with Crippen LogP contribution in [-0.4, -0.2) is 39.5 Å². The fraction of sp³-hybridized carbons (Fsp3) is 0.500. The molecule has 1 aromatic carbocycles. The Morgan fingerprint density at radius 1 is 1.27 bits per heavy atom. The molecule has 3 N–H and O–H groups in total. The second-order valence-corrected chi connectivity index (χ2v) is 7.17. The van der Waals surface area contributed by atoms with Crippen molar-refractivity contribution in [2.75, 3.05) is 6.54 Å². The van der Waals surface area contributed by atoms with Crippen LogP contribution in [0, 0.1) is 5.92 Å². The number of thioether (sulfide) groups is 1. The van der Waals surface area contributed by atoms with Crippen molar-refractivity contribution in [2.45, 2.75) is 43.4 Å². The minimum absolute atomic E-state index is 0.00412. The number of carboxylic acid groups (broad SMARTS) is 1. The van der Waals surface area contributed by atoms with Gasteiger partial charge in [0.25, 0.3) is 5.91 Å². The van der Waals surface area contributed by atoms with Crippen molar-refractivity contribution in [3.63, 3.8) is 0 Å². The molecule has 0 saturated heterocycles. The third-order valence-corrected chi connectivity index (χ3v) is 4.80. The highest BCUT2D eigenvalue weighted by molar-refractivity contribution is 8.00. The maximum absolute atomic E-state index is 12.3. The Balaban J connectivity index is 2.84. The smallest absolute Gasteiger partial charge is 0.316 e. The molecule has 122 valence electrons. The molecule has 0 aromatic heterocycles. The van der Waals surface area contributed by atoms with Crippen molar-refractivity contribution in [3.05, 3.63) is 29.8 Å². The standard InChI is InChI=1S/C16H23NO4S/c1-10(2)16(4,21)9-17-14(18)12-7-5-6-8-13(12)22-11(3)15(19)20/h5-8,10-11,21H,9H2,1-4H3,(H,17,18)(H,19,20). The van der Waals surface area contributed by atoms with Gasteiger partial charge in [-0.2, -0.15) is 0 Å². The van der Waals surface area contributed by atoms with Crippen molar-refractivity contribution in [3.8, 4) is 0 Å². The number of aliphatic carboxylic acids is 1. The second kappa shape index (κ2) is 7.65. The van der Waals surface area contributed by atoms with E-state index in [0.717, 1.165) is 11.8 Å². The van der Waals surface area contributed by atoms with E-state index in [9.17, 15) is 14.7 Å². The summed E-state index contributed by atoms with van der Waals surface area (Å²) in [4.78, 5) is 23.9. The van der Waals surface area contributed by atoms with E-state index in [2.05, 4.69) is 5.32 Å². The molecule has 0 spiro atoms. The highest BCUT2D eigenvalue weighted by Crippen LogP contribution is 2.27. The predicted molar refractivity (Wildman–Crippen MR) is 87.2 cm³/mol. The van der Waals surface area contributed by atoms with E-state index in [1.54, 1.807) is 38.1 Å². The van der Waals surface area contributed by atoms with E-state index in [1.807, 2.05) is 13.8 Å². The maximum atomic E-state index is 12.3. The van der Waals surface area contributed by atoms with Gasteiger partial charge in [0.2, 0.25) is 0 Å². The molecule has 6 heteroatoms. The molecule has 2 atom stereocenters. The lowest BCUT2D eigenvalue weighted by Gasteiger charge is -2.28. The van der Waals surface area contributed by atoms with Crippen LogP contribution >= 0.6 is 11.8 Å². The lowest BCUT2D eigenvalue weighted by atomic mass is 9.92. The molecule has 0 aliphatic carbocycles. The Bertz CT molecular complexity index is 543. The molecule has 5 nitrogen and oxygen atoms in total. The summed E-state index contributed by atoms with van der Waals surface area (Å²) in [7, 11) is 0. The first-order valence-corrected chi connectivity index (χ1v) is 8.02. The zero-order valence-electron chi connectivity index (χ0n) is 13.3. The number of carbonyl (C=O) groups excluding carboxylic acids is 1. The van der Waals surface area contributed by atoms with Gasteiger partial charge in [-0.1, -0.05) is 26.0 Å². The fourth-order valence-corrected chi connectivity index (χ4v) is 2.48. The Hall–Kier alpha value is -1.53. The summed E-state index contributed by atoms with van der Waals surface area (Å²) in [6.45, 7) is 7.14. The summed E-state index contributed by atoms with van der Waals surface area (Å²) < 4.78 is 0. The number of hydrogen-bond acceptors (Lipinski definition) is 4. The maximum Gasteiger partial charge on any atom is 0.316 e. The minimum Gasteiger partial charge on any atom is -0.480 e. The lowest BCUT2D eigenvalue weighted by molar-refractivity contribution is -0.136. The number of aliphatic hydroxyl groups is 1. The van der Waals surface area contributed by atoms with Gasteiger partial charge in [0.1, 0.15) is 5.25 Å². The first-order chi connectivity index (χ1) is 10.1. The Labute approximate surface area is 135 Å². The number of hydrogen-bond donors (Lipinski definition) is 3. The summed E-state index contributed by atoms with van der Waals surface area (Å²) in [5.41, 5.74) is -0.577. The van der Waals surface area contributed by atoms with Crippen molar-refractivity contribution in [2.24, 2.45) is 5.92 Å². The van der Waals surface area contributed by atoms with Crippen LogP contribution in [0.1, 0.15) is 38.1 Å². The highest BCUT2D eigenvalue weighted by Gasteiger charge is 2.26. The average Bonchev–Trinajstić information content (AvgIpc) is 2.45. The molecule has 0 aliphatic rings. The normalized spacial score (nSPS) is 15.2. The molecule has 2 unspecified atom stereocenters. The van der Waals surface area contributed by atoms with Crippen molar-refractivity contribution < 1.29 is 19.8 Å². The van der Waals surface area contributed by atoms with Crippen LogP contribution in [0.3, 0.4) is 0 Å². The van der Waals surface area contributed by atoms with E-state index in [1.165, 1.54) is 0 Å². The number of benzene rings is 1. The molecule has 1 aromatic rings. The van der Waals surface area contributed by atoms with Crippen molar-refractivity contribution in [1.29, 1.82) is 0 Å². The monoisotopic (exact) mass is 325 g/mol. The van der Waals surface area contributed by atoms with Crippen LogP contribution in [0.2, 0.25) is 0 Å².